The number of ether oxygens (including phenoxy) is 1. The minimum Gasteiger partial charge on any atom is -0.495 e. The Morgan fingerprint density at radius 1 is 1.33 bits per heavy atom. The van der Waals surface area contributed by atoms with E-state index in [2.05, 4.69) is 20.6 Å². The van der Waals surface area contributed by atoms with Crippen LogP contribution in [0.2, 0.25) is 0 Å². The number of amides is 1. The standard InChI is InChI=1S/C16H19N5O2S/c1-4-6-14(22)17-11-9-10(7-8-12(11)23-3)15-20-21-13(5-2)18-19-16(21)24-15/h7-9H,4-6H2,1-3H3,(H,17,22). The molecular weight excluding hydrogens is 326 g/mol. The van der Waals surface area contributed by atoms with Gasteiger partial charge in [-0.15, -0.1) is 10.2 Å². The van der Waals surface area contributed by atoms with E-state index in [-0.39, 0.29) is 5.91 Å². The number of aromatic nitrogens is 4. The predicted molar refractivity (Wildman–Crippen MR) is 93.6 cm³/mol. The molecule has 0 radical (unpaired) electrons. The van der Waals surface area contributed by atoms with E-state index in [1.165, 1.54) is 11.3 Å². The number of nitrogens with one attached hydrogen (secondary N) is 1. The van der Waals surface area contributed by atoms with Crippen LogP contribution in [-0.4, -0.2) is 32.8 Å². The van der Waals surface area contributed by atoms with E-state index >= 15 is 0 Å². The molecule has 0 atom stereocenters. The molecule has 0 unspecified atom stereocenters. The monoisotopic (exact) mass is 345 g/mol. The van der Waals surface area contributed by atoms with Crippen LogP contribution in [0.25, 0.3) is 15.5 Å². The molecule has 2 aromatic heterocycles. The lowest BCUT2D eigenvalue weighted by molar-refractivity contribution is -0.116. The van der Waals surface area contributed by atoms with E-state index in [0.29, 0.717) is 17.9 Å². The lowest BCUT2D eigenvalue weighted by Crippen LogP contribution is -2.11. The third kappa shape index (κ3) is 3.09. The van der Waals surface area contributed by atoms with Crippen LogP contribution >= 0.6 is 11.3 Å². The molecule has 0 aliphatic carbocycles. The number of fused-ring (bicyclic) bond motifs is 1. The first kappa shape index (κ1) is 16.4. The van der Waals surface area contributed by atoms with Gasteiger partial charge in [-0.3, -0.25) is 4.79 Å². The fraction of sp³-hybridized carbons (Fsp3) is 0.375. The van der Waals surface area contributed by atoms with Crippen molar-refractivity contribution in [2.75, 3.05) is 12.4 Å². The summed E-state index contributed by atoms with van der Waals surface area (Å²) >= 11 is 1.46. The molecule has 0 saturated heterocycles. The molecular formula is C16H19N5O2S. The molecule has 24 heavy (non-hydrogen) atoms. The van der Waals surface area contributed by atoms with Crippen molar-refractivity contribution in [1.82, 2.24) is 19.8 Å². The van der Waals surface area contributed by atoms with Gasteiger partial charge in [-0.2, -0.15) is 9.61 Å². The van der Waals surface area contributed by atoms with Crippen molar-refractivity contribution in [3.8, 4) is 16.3 Å². The zero-order chi connectivity index (χ0) is 17.1. The fourth-order valence-electron chi connectivity index (χ4n) is 2.37. The highest BCUT2D eigenvalue weighted by Gasteiger charge is 2.14. The van der Waals surface area contributed by atoms with Crippen LogP contribution in [0.5, 0.6) is 5.75 Å². The van der Waals surface area contributed by atoms with Crippen LogP contribution in [-0.2, 0) is 11.2 Å². The lowest BCUT2D eigenvalue weighted by Gasteiger charge is -2.11. The summed E-state index contributed by atoms with van der Waals surface area (Å²) in [5, 5.41) is 16.5. The topological polar surface area (TPSA) is 81.4 Å². The average Bonchev–Trinajstić information content (AvgIpc) is 3.15. The number of methoxy groups -OCH3 is 1. The Balaban J connectivity index is 1.97. The first-order valence-corrected chi connectivity index (χ1v) is 8.67. The normalized spacial score (nSPS) is 11.0. The maximum absolute atomic E-state index is 11.9. The molecule has 0 fully saturated rings. The van der Waals surface area contributed by atoms with Gasteiger partial charge in [0.2, 0.25) is 10.9 Å². The van der Waals surface area contributed by atoms with Crippen molar-refractivity contribution >= 4 is 27.9 Å². The Labute approximate surface area is 143 Å². The average molecular weight is 345 g/mol. The Bertz CT molecular complexity index is 871. The molecule has 2 heterocycles. The Kier molecular flexibility index (Phi) is 4.75. The number of benzene rings is 1. The number of carbonyl (C=O) groups excluding carboxylic acids is 1. The number of aryl methyl sites for hydroxylation is 1. The number of nitrogens with zero attached hydrogens (tertiary/aromatic N) is 4. The molecule has 3 rings (SSSR count). The summed E-state index contributed by atoms with van der Waals surface area (Å²) in [7, 11) is 1.58. The van der Waals surface area contributed by atoms with E-state index in [4.69, 9.17) is 4.74 Å². The summed E-state index contributed by atoms with van der Waals surface area (Å²) in [6.45, 7) is 3.99. The molecule has 0 spiro atoms. The van der Waals surface area contributed by atoms with Gasteiger partial charge in [-0.05, 0) is 24.6 Å². The minimum atomic E-state index is -0.0284. The second-order valence-corrected chi connectivity index (χ2v) is 6.24. The second kappa shape index (κ2) is 6.96. The van der Waals surface area contributed by atoms with Gasteiger partial charge in [-0.25, -0.2) is 0 Å². The minimum absolute atomic E-state index is 0.0284. The van der Waals surface area contributed by atoms with E-state index in [9.17, 15) is 4.79 Å². The van der Waals surface area contributed by atoms with Crippen molar-refractivity contribution in [2.24, 2.45) is 0 Å². The number of hydrogen-bond acceptors (Lipinski definition) is 6. The molecule has 0 aliphatic rings. The van der Waals surface area contributed by atoms with Gasteiger partial charge in [-0.1, -0.05) is 25.2 Å². The van der Waals surface area contributed by atoms with E-state index in [1.54, 1.807) is 11.6 Å². The van der Waals surface area contributed by atoms with E-state index < -0.39 is 0 Å². The summed E-state index contributed by atoms with van der Waals surface area (Å²) in [6, 6.07) is 5.63. The quantitative estimate of drug-likeness (QED) is 0.742. The number of rotatable bonds is 6. The molecule has 3 aromatic rings. The van der Waals surface area contributed by atoms with Gasteiger partial charge in [0.05, 0.1) is 12.8 Å². The molecule has 7 nitrogen and oxygen atoms in total. The molecule has 8 heteroatoms. The maximum Gasteiger partial charge on any atom is 0.234 e. The van der Waals surface area contributed by atoms with Gasteiger partial charge in [0.1, 0.15) is 10.8 Å². The van der Waals surface area contributed by atoms with Crippen LogP contribution in [0.15, 0.2) is 18.2 Å². The highest BCUT2D eigenvalue weighted by molar-refractivity contribution is 7.19. The van der Waals surface area contributed by atoms with Gasteiger partial charge in [0.25, 0.3) is 0 Å². The molecule has 0 bridgehead atoms. The Morgan fingerprint density at radius 2 is 2.17 bits per heavy atom. The van der Waals surface area contributed by atoms with Crippen molar-refractivity contribution in [2.45, 2.75) is 33.1 Å². The van der Waals surface area contributed by atoms with Crippen LogP contribution in [0, 0.1) is 0 Å². The Morgan fingerprint density at radius 3 is 2.88 bits per heavy atom. The van der Waals surface area contributed by atoms with Gasteiger partial charge in [0.15, 0.2) is 5.82 Å². The zero-order valence-electron chi connectivity index (χ0n) is 13.9. The lowest BCUT2D eigenvalue weighted by atomic mass is 10.2. The van der Waals surface area contributed by atoms with Gasteiger partial charge >= 0.3 is 0 Å². The van der Waals surface area contributed by atoms with Crippen LogP contribution in [0.3, 0.4) is 0 Å². The summed E-state index contributed by atoms with van der Waals surface area (Å²) in [5.41, 5.74) is 1.55. The molecule has 0 saturated carbocycles. The molecule has 0 aliphatic heterocycles. The maximum atomic E-state index is 11.9. The number of carbonyl (C=O) groups is 1. The largest absolute Gasteiger partial charge is 0.495 e. The summed E-state index contributed by atoms with van der Waals surface area (Å²) in [4.78, 5) is 12.7. The predicted octanol–water partition coefficient (Wildman–Crippen LogP) is 3.16. The third-order valence-electron chi connectivity index (χ3n) is 3.57. The molecule has 1 amide bonds. The number of anilines is 1. The van der Waals surface area contributed by atoms with Crippen molar-refractivity contribution in [3.05, 3.63) is 24.0 Å². The summed E-state index contributed by atoms with van der Waals surface area (Å²) < 4.78 is 7.10. The SMILES string of the molecule is CCCC(=O)Nc1cc(-c2nn3c(CC)nnc3s2)ccc1OC. The Hall–Kier alpha value is -2.48. The second-order valence-electron chi connectivity index (χ2n) is 5.28. The van der Waals surface area contributed by atoms with Crippen molar-refractivity contribution in [3.63, 3.8) is 0 Å². The molecule has 1 N–H and O–H groups in total. The van der Waals surface area contributed by atoms with Crippen LogP contribution < -0.4 is 10.1 Å². The number of hydrogen-bond donors (Lipinski definition) is 1. The zero-order valence-corrected chi connectivity index (χ0v) is 14.7. The summed E-state index contributed by atoms with van der Waals surface area (Å²) in [6.07, 6.45) is 2.04. The third-order valence-corrected chi connectivity index (χ3v) is 4.52. The van der Waals surface area contributed by atoms with Gasteiger partial charge in [0, 0.05) is 18.4 Å². The van der Waals surface area contributed by atoms with Crippen LogP contribution in [0.4, 0.5) is 5.69 Å². The van der Waals surface area contributed by atoms with Crippen LogP contribution in [0.1, 0.15) is 32.5 Å². The van der Waals surface area contributed by atoms with E-state index in [0.717, 1.165) is 34.2 Å². The highest BCUT2D eigenvalue weighted by atomic mass is 32.1. The summed E-state index contributed by atoms with van der Waals surface area (Å²) in [5.74, 6) is 1.43. The first-order valence-electron chi connectivity index (χ1n) is 7.85. The van der Waals surface area contributed by atoms with Crippen molar-refractivity contribution < 1.29 is 9.53 Å². The van der Waals surface area contributed by atoms with Crippen molar-refractivity contribution in [1.29, 1.82) is 0 Å². The smallest absolute Gasteiger partial charge is 0.234 e. The fourth-order valence-corrected chi connectivity index (χ4v) is 3.23. The van der Waals surface area contributed by atoms with E-state index in [1.807, 2.05) is 32.0 Å². The molecule has 1 aromatic carbocycles. The van der Waals surface area contributed by atoms with Gasteiger partial charge < -0.3 is 10.1 Å². The first-order chi connectivity index (χ1) is 11.7. The highest BCUT2D eigenvalue weighted by Crippen LogP contribution is 2.32. The molecule has 126 valence electrons.